The fraction of sp³-hybridized carbons (Fsp3) is 0.333. The van der Waals surface area contributed by atoms with Gasteiger partial charge in [-0.05, 0) is 35.4 Å². The molecular formula is C18H19Cl3N2. The van der Waals surface area contributed by atoms with Gasteiger partial charge in [0.2, 0.25) is 0 Å². The summed E-state index contributed by atoms with van der Waals surface area (Å²) in [5.74, 6) is 0. The number of benzene rings is 2. The van der Waals surface area contributed by atoms with Crippen molar-refractivity contribution in [1.29, 1.82) is 0 Å². The molecule has 2 aromatic carbocycles. The minimum absolute atomic E-state index is 0.613. The highest BCUT2D eigenvalue weighted by Gasteiger charge is 2.17. The standard InChI is InChI=1S/C18H19Cl3N2/c19-16-3-1-2-14(10-16)12-22-6-8-23(9-7-22)13-15-4-5-17(20)18(21)11-15/h1-5,10-11H,6-9,12-13H2. The molecule has 1 heterocycles. The first kappa shape index (κ1) is 17.1. The van der Waals surface area contributed by atoms with E-state index in [0.29, 0.717) is 10.0 Å². The molecule has 0 aromatic heterocycles. The maximum Gasteiger partial charge on any atom is 0.0595 e. The lowest BCUT2D eigenvalue weighted by Gasteiger charge is -2.34. The van der Waals surface area contributed by atoms with Crippen molar-refractivity contribution in [2.75, 3.05) is 26.2 Å². The Labute approximate surface area is 152 Å². The summed E-state index contributed by atoms with van der Waals surface area (Å²) >= 11 is 18.1. The van der Waals surface area contributed by atoms with Crippen LogP contribution in [0.1, 0.15) is 11.1 Å². The molecule has 1 fully saturated rings. The molecule has 0 bridgehead atoms. The fourth-order valence-corrected chi connectivity index (χ4v) is 3.43. The lowest BCUT2D eigenvalue weighted by Crippen LogP contribution is -2.45. The third kappa shape index (κ3) is 4.85. The minimum atomic E-state index is 0.613. The Bertz CT molecular complexity index is 667. The van der Waals surface area contributed by atoms with Crippen LogP contribution in [0.2, 0.25) is 15.1 Å². The molecule has 1 aliphatic rings. The molecule has 0 radical (unpaired) electrons. The predicted octanol–water partition coefficient (Wildman–Crippen LogP) is 4.96. The van der Waals surface area contributed by atoms with Crippen LogP contribution in [-0.4, -0.2) is 36.0 Å². The van der Waals surface area contributed by atoms with Gasteiger partial charge in [-0.15, -0.1) is 0 Å². The first-order chi connectivity index (χ1) is 11.1. The average molecular weight is 370 g/mol. The Morgan fingerprint density at radius 3 is 1.87 bits per heavy atom. The van der Waals surface area contributed by atoms with E-state index in [1.807, 2.05) is 36.4 Å². The molecule has 0 saturated carbocycles. The van der Waals surface area contributed by atoms with Crippen LogP contribution in [0.15, 0.2) is 42.5 Å². The normalized spacial score (nSPS) is 16.7. The second-order valence-electron chi connectivity index (χ2n) is 5.93. The summed E-state index contributed by atoms with van der Waals surface area (Å²) in [6.07, 6.45) is 0. The summed E-state index contributed by atoms with van der Waals surface area (Å²) in [5.41, 5.74) is 2.48. The van der Waals surface area contributed by atoms with E-state index >= 15 is 0 Å². The molecule has 1 aliphatic heterocycles. The maximum absolute atomic E-state index is 6.09. The van der Waals surface area contributed by atoms with Gasteiger partial charge >= 0.3 is 0 Å². The molecule has 3 rings (SSSR count). The second kappa shape index (κ2) is 7.87. The summed E-state index contributed by atoms with van der Waals surface area (Å²) in [7, 11) is 0. The van der Waals surface area contributed by atoms with E-state index in [0.717, 1.165) is 44.3 Å². The van der Waals surface area contributed by atoms with Gasteiger partial charge in [-0.25, -0.2) is 0 Å². The number of hydrogen-bond acceptors (Lipinski definition) is 2. The first-order valence-electron chi connectivity index (χ1n) is 7.73. The SMILES string of the molecule is Clc1cccc(CN2CCN(Cc3ccc(Cl)c(Cl)c3)CC2)c1. The summed E-state index contributed by atoms with van der Waals surface area (Å²) in [4.78, 5) is 4.92. The summed E-state index contributed by atoms with van der Waals surface area (Å²) in [6.45, 7) is 6.12. The highest BCUT2D eigenvalue weighted by molar-refractivity contribution is 6.42. The van der Waals surface area contributed by atoms with Gasteiger partial charge in [0.05, 0.1) is 10.0 Å². The van der Waals surface area contributed by atoms with Crippen molar-refractivity contribution < 1.29 is 0 Å². The molecule has 5 heteroatoms. The predicted molar refractivity (Wildman–Crippen MR) is 98.5 cm³/mol. The summed E-state index contributed by atoms with van der Waals surface area (Å²) in [6, 6.07) is 14.0. The number of halogens is 3. The third-order valence-corrected chi connectivity index (χ3v) is 5.12. The van der Waals surface area contributed by atoms with Gasteiger partial charge in [0, 0.05) is 44.3 Å². The zero-order valence-corrected chi connectivity index (χ0v) is 15.1. The smallest absolute Gasteiger partial charge is 0.0595 e. The molecule has 0 unspecified atom stereocenters. The largest absolute Gasteiger partial charge is 0.297 e. The van der Waals surface area contributed by atoms with Gasteiger partial charge in [0.1, 0.15) is 0 Å². The van der Waals surface area contributed by atoms with Crippen LogP contribution in [0, 0.1) is 0 Å². The lowest BCUT2D eigenvalue weighted by atomic mass is 10.1. The van der Waals surface area contributed by atoms with E-state index in [1.54, 1.807) is 0 Å². The Kier molecular flexibility index (Phi) is 5.84. The molecular weight excluding hydrogens is 351 g/mol. The Morgan fingerprint density at radius 1 is 0.696 bits per heavy atom. The van der Waals surface area contributed by atoms with E-state index in [2.05, 4.69) is 15.9 Å². The number of hydrogen-bond donors (Lipinski definition) is 0. The molecule has 0 amide bonds. The molecule has 1 saturated heterocycles. The minimum Gasteiger partial charge on any atom is -0.297 e. The Hall–Kier alpha value is -0.770. The summed E-state index contributed by atoms with van der Waals surface area (Å²) in [5, 5.41) is 2.05. The molecule has 23 heavy (non-hydrogen) atoms. The van der Waals surface area contributed by atoms with Crippen molar-refractivity contribution >= 4 is 34.8 Å². The molecule has 2 nitrogen and oxygen atoms in total. The van der Waals surface area contributed by atoms with E-state index < -0.39 is 0 Å². The van der Waals surface area contributed by atoms with Crippen molar-refractivity contribution in [3.8, 4) is 0 Å². The zero-order valence-electron chi connectivity index (χ0n) is 12.8. The second-order valence-corrected chi connectivity index (χ2v) is 7.18. The molecule has 0 atom stereocenters. The quantitative estimate of drug-likeness (QED) is 0.751. The monoisotopic (exact) mass is 368 g/mol. The van der Waals surface area contributed by atoms with E-state index in [-0.39, 0.29) is 0 Å². The lowest BCUT2D eigenvalue weighted by molar-refractivity contribution is 0.122. The average Bonchev–Trinajstić information content (AvgIpc) is 2.53. The van der Waals surface area contributed by atoms with Crippen LogP contribution in [0.3, 0.4) is 0 Å². The van der Waals surface area contributed by atoms with E-state index in [4.69, 9.17) is 34.8 Å². The number of rotatable bonds is 4. The van der Waals surface area contributed by atoms with Crippen LogP contribution in [0.25, 0.3) is 0 Å². The zero-order chi connectivity index (χ0) is 16.2. The van der Waals surface area contributed by atoms with Crippen LogP contribution in [0.5, 0.6) is 0 Å². The molecule has 2 aromatic rings. The van der Waals surface area contributed by atoms with Crippen LogP contribution in [0.4, 0.5) is 0 Å². The van der Waals surface area contributed by atoms with Crippen LogP contribution < -0.4 is 0 Å². The van der Waals surface area contributed by atoms with Crippen molar-refractivity contribution in [3.63, 3.8) is 0 Å². The van der Waals surface area contributed by atoms with E-state index in [1.165, 1.54) is 11.1 Å². The number of nitrogens with zero attached hydrogens (tertiary/aromatic N) is 2. The van der Waals surface area contributed by atoms with Gasteiger partial charge in [-0.1, -0.05) is 53.0 Å². The van der Waals surface area contributed by atoms with Crippen molar-refractivity contribution in [1.82, 2.24) is 9.80 Å². The maximum atomic E-state index is 6.09. The van der Waals surface area contributed by atoms with Crippen LogP contribution >= 0.6 is 34.8 Å². The fourth-order valence-electron chi connectivity index (χ4n) is 2.90. The summed E-state index contributed by atoms with van der Waals surface area (Å²) < 4.78 is 0. The van der Waals surface area contributed by atoms with Crippen LogP contribution in [-0.2, 0) is 13.1 Å². The first-order valence-corrected chi connectivity index (χ1v) is 8.86. The molecule has 122 valence electrons. The highest BCUT2D eigenvalue weighted by atomic mass is 35.5. The van der Waals surface area contributed by atoms with Crippen molar-refractivity contribution in [2.24, 2.45) is 0 Å². The Balaban J connectivity index is 1.51. The van der Waals surface area contributed by atoms with E-state index in [9.17, 15) is 0 Å². The van der Waals surface area contributed by atoms with Gasteiger partial charge in [0.15, 0.2) is 0 Å². The highest BCUT2D eigenvalue weighted by Crippen LogP contribution is 2.23. The number of piperazine rings is 1. The van der Waals surface area contributed by atoms with Crippen molar-refractivity contribution in [3.05, 3.63) is 68.7 Å². The van der Waals surface area contributed by atoms with Gasteiger partial charge in [0.25, 0.3) is 0 Å². The van der Waals surface area contributed by atoms with Gasteiger partial charge in [-0.2, -0.15) is 0 Å². The van der Waals surface area contributed by atoms with Gasteiger partial charge < -0.3 is 0 Å². The topological polar surface area (TPSA) is 6.48 Å². The molecule has 0 spiro atoms. The molecule has 0 aliphatic carbocycles. The Morgan fingerprint density at radius 2 is 1.30 bits per heavy atom. The third-order valence-electron chi connectivity index (χ3n) is 4.15. The van der Waals surface area contributed by atoms with Gasteiger partial charge in [-0.3, -0.25) is 9.80 Å². The van der Waals surface area contributed by atoms with Crippen molar-refractivity contribution in [2.45, 2.75) is 13.1 Å². The molecule has 0 N–H and O–H groups in total.